The first kappa shape index (κ1) is 19.7. The van der Waals surface area contributed by atoms with Crippen LogP contribution in [0.1, 0.15) is 33.1 Å². The van der Waals surface area contributed by atoms with E-state index in [1.807, 2.05) is 13.8 Å². The van der Waals surface area contributed by atoms with Crippen molar-refractivity contribution in [3.8, 4) is 0 Å². The SMILES string of the molecule is CC(C)CC(N)C(=O)O.NC(=O)CC[C@H](N)C(=O)O. The maximum Gasteiger partial charge on any atom is 0.320 e. The van der Waals surface area contributed by atoms with Gasteiger partial charge in [-0.2, -0.15) is 0 Å². The van der Waals surface area contributed by atoms with Gasteiger partial charge in [0.05, 0.1) is 0 Å². The molecule has 2 atom stereocenters. The van der Waals surface area contributed by atoms with Crippen LogP contribution in [-0.2, 0) is 14.4 Å². The van der Waals surface area contributed by atoms with Gasteiger partial charge in [0.25, 0.3) is 0 Å². The highest BCUT2D eigenvalue weighted by atomic mass is 16.4. The van der Waals surface area contributed by atoms with E-state index in [0.717, 1.165) is 0 Å². The minimum Gasteiger partial charge on any atom is -0.480 e. The van der Waals surface area contributed by atoms with Crippen LogP contribution in [0.4, 0.5) is 0 Å². The average molecular weight is 277 g/mol. The molecule has 0 saturated heterocycles. The van der Waals surface area contributed by atoms with Gasteiger partial charge in [-0.1, -0.05) is 13.8 Å². The van der Waals surface area contributed by atoms with Crippen LogP contribution in [0.15, 0.2) is 0 Å². The zero-order valence-corrected chi connectivity index (χ0v) is 11.2. The maximum absolute atomic E-state index is 10.1. The van der Waals surface area contributed by atoms with Gasteiger partial charge >= 0.3 is 11.9 Å². The summed E-state index contributed by atoms with van der Waals surface area (Å²) in [6, 6.07) is -1.67. The Hall–Kier alpha value is -1.67. The van der Waals surface area contributed by atoms with E-state index in [4.69, 9.17) is 27.4 Å². The molecular weight excluding hydrogens is 254 g/mol. The van der Waals surface area contributed by atoms with E-state index in [0.29, 0.717) is 12.3 Å². The van der Waals surface area contributed by atoms with E-state index in [-0.39, 0.29) is 12.8 Å². The minimum atomic E-state index is -1.11. The zero-order valence-electron chi connectivity index (χ0n) is 11.2. The highest BCUT2D eigenvalue weighted by Gasteiger charge is 2.12. The lowest BCUT2D eigenvalue weighted by atomic mass is 10.1. The summed E-state index contributed by atoms with van der Waals surface area (Å²) in [5.74, 6) is -2.20. The highest BCUT2D eigenvalue weighted by molar-refractivity contribution is 5.77. The zero-order chi connectivity index (χ0) is 15.6. The van der Waals surface area contributed by atoms with Gasteiger partial charge < -0.3 is 27.4 Å². The van der Waals surface area contributed by atoms with Gasteiger partial charge in [0.15, 0.2) is 0 Å². The molecule has 0 radical (unpaired) electrons. The number of hydrogen-bond acceptors (Lipinski definition) is 5. The number of carboxylic acids is 2. The van der Waals surface area contributed by atoms with Gasteiger partial charge in [0.2, 0.25) is 5.91 Å². The molecule has 1 unspecified atom stereocenters. The smallest absolute Gasteiger partial charge is 0.320 e. The van der Waals surface area contributed by atoms with Crippen molar-refractivity contribution >= 4 is 17.8 Å². The fourth-order valence-electron chi connectivity index (χ4n) is 1.03. The van der Waals surface area contributed by atoms with Crippen molar-refractivity contribution in [2.75, 3.05) is 0 Å². The molecule has 0 fully saturated rings. The molecule has 8 N–H and O–H groups in total. The van der Waals surface area contributed by atoms with E-state index in [1.165, 1.54) is 0 Å². The highest BCUT2D eigenvalue weighted by Crippen LogP contribution is 2.01. The van der Waals surface area contributed by atoms with Crippen molar-refractivity contribution in [2.45, 2.75) is 45.2 Å². The molecule has 112 valence electrons. The number of hydrogen-bond donors (Lipinski definition) is 5. The lowest BCUT2D eigenvalue weighted by Gasteiger charge is -2.07. The molecule has 8 nitrogen and oxygen atoms in total. The maximum atomic E-state index is 10.1. The lowest BCUT2D eigenvalue weighted by Crippen LogP contribution is -2.31. The molecule has 0 heterocycles. The third-order valence-corrected chi connectivity index (χ3v) is 2.06. The van der Waals surface area contributed by atoms with Gasteiger partial charge in [0.1, 0.15) is 12.1 Å². The van der Waals surface area contributed by atoms with Crippen molar-refractivity contribution in [1.82, 2.24) is 0 Å². The van der Waals surface area contributed by atoms with Gasteiger partial charge in [-0.3, -0.25) is 14.4 Å². The number of carbonyl (C=O) groups excluding carboxylic acids is 1. The van der Waals surface area contributed by atoms with Crippen molar-refractivity contribution in [2.24, 2.45) is 23.1 Å². The predicted molar refractivity (Wildman–Crippen MR) is 69.1 cm³/mol. The Morgan fingerprint density at radius 2 is 1.42 bits per heavy atom. The Kier molecular flexibility index (Phi) is 10.6. The molecule has 0 aliphatic rings. The fraction of sp³-hybridized carbons (Fsp3) is 0.727. The van der Waals surface area contributed by atoms with Gasteiger partial charge in [0, 0.05) is 6.42 Å². The van der Waals surface area contributed by atoms with Crippen LogP contribution in [0.25, 0.3) is 0 Å². The lowest BCUT2D eigenvalue weighted by molar-refractivity contribution is -0.139. The molecule has 19 heavy (non-hydrogen) atoms. The molecule has 0 saturated carbocycles. The molecule has 1 amide bonds. The van der Waals surface area contributed by atoms with Gasteiger partial charge in [-0.25, -0.2) is 0 Å². The summed E-state index contributed by atoms with van der Waals surface area (Å²) < 4.78 is 0. The van der Waals surface area contributed by atoms with Gasteiger partial charge in [-0.05, 0) is 18.8 Å². The van der Waals surface area contributed by atoms with Crippen LogP contribution < -0.4 is 17.2 Å². The van der Waals surface area contributed by atoms with Gasteiger partial charge in [-0.15, -0.1) is 0 Å². The Morgan fingerprint density at radius 3 is 1.63 bits per heavy atom. The summed E-state index contributed by atoms with van der Waals surface area (Å²) in [7, 11) is 0. The number of rotatable bonds is 7. The van der Waals surface area contributed by atoms with Crippen LogP contribution in [0, 0.1) is 5.92 Å². The molecule has 0 aromatic rings. The normalized spacial score (nSPS) is 13.1. The van der Waals surface area contributed by atoms with Crippen molar-refractivity contribution in [1.29, 1.82) is 0 Å². The van der Waals surface area contributed by atoms with Crippen LogP contribution in [-0.4, -0.2) is 40.1 Å². The molecule has 0 aliphatic heterocycles. The molecule has 0 spiro atoms. The molecule has 0 bridgehead atoms. The second-order valence-corrected chi connectivity index (χ2v) is 4.52. The van der Waals surface area contributed by atoms with Crippen LogP contribution >= 0.6 is 0 Å². The second-order valence-electron chi connectivity index (χ2n) is 4.52. The monoisotopic (exact) mass is 277 g/mol. The Balaban J connectivity index is 0. The molecule has 8 heteroatoms. The number of aliphatic carboxylic acids is 2. The van der Waals surface area contributed by atoms with E-state index in [1.54, 1.807) is 0 Å². The third kappa shape index (κ3) is 14.3. The van der Waals surface area contributed by atoms with E-state index >= 15 is 0 Å². The van der Waals surface area contributed by atoms with Crippen molar-refractivity contribution < 1.29 is 24.6 Å². The van der Waals surface area contributed by atoms with Crippen LogP contribution in [0.3, 0.4) is 0 Å². The number of carbonyl (C=O) groups is 3. The summed E-state index contributed by atoms with van der Waals surface area (Å²) in [6.07, 6.45) is 0.674. The number of nitrogens with two attached hydrogens (primary N) is 3. The minimum absolute atomic E-state index is 0.0213. The Labute approximate surface area is 111 Å². The first-order valence-electron chi connectivity index (χ1n) is 5.83. The fourth-order valence-corrected chi connectivity index (χ4v) is 1.03. The molecule has 0 aromatic carbocycles. The summed E-state index contributed by atoms with van der Waals surface area (Å²) >= 11 is 0. The number of primary amides is 1. The van der Waals surface area contributed by atoms with Crippen molar-refractivity contribution in [3.63, 3.8) is 0 Å². The Bertz CT molecular complexity index is 307. The first-order chi connectivity index (χ1) is 8.57. The summed E-state index contributed by atoms with van der Waals surface area (Å²) in [4.78, 5) is 30.2. The van der Waals surface area contributed by atoms with Crippen LogP contribution in [0.2, 0.25) is 0 Å². The largest absolute Gasteiger partial charge is 0.480 e. The quantitative estimate of drug-likeness (QED) is 0.401. The number of amides is 1. The van der Waals surface area contributed by atoms with E-state index < -0.39 is 29.9 Å². The Morgan fingerprint density at radius 1 is 1.00 bits per heavy atom. The summed E-state index contributed by atoms with van der Waals surface area (Å²) in [5.41, 5.74) is 15.0. The van der Waals surface area contributed by atoms with Crippen LogP contribution in [0.5, 0.6) is 0 Å². The molecular formula is C11H23N3O5. The third-order valence-electron chi connectivity index (χ3n) is 2.06. The van der Waals surface area contributed by atoms with Crippen molar-refractivity contribution in [3.05, 3.63) is 0 Å². The summed E-state index contributed by atoms with van der Waals surface area (Å²) in [5, 5.41) is 16.5. The summed E-state index contributed by atoms with van der Waals surface area (Å²) in [6.45, 7) is 3.89. The van der Waals surface area contributed by atoms with E-state index in [2.05, 4.69) is 0 Å². The second kappa shape index (κ2) is 10.3. The number of carboxylic acid groups (broad SMARTS) is 2. The average Bonchev–Trinajstić information content (AvgIpc) is 2.25. The van der Waals surface area contributed by atoms with E-state index in [9.17, 15) is 14.4 Å². The first-order valence-corrected chi connectivity index (χ1v) is 5.83. The predicted octanol–water partition coefficient (Wildman–Crippen LogP) is -0.892. The standard InChI is InChI=1S/C6H13NO2.C5H10N2O3/c1-4(2)3-5(7)6(8)9;6-3(5(9)10)1-2-4(7)8/h4-5H,3,7H2,1-2H3,(H,8,9);3H,1-2,6H2,(H2,7,8)(H,9,10)/t;3-/m.0/s1. The molecule has 0 aliphatic carbocycles. The topological polar surface area (TPSA) is 170 Å². The molecule has 0 aromatic heterocycles. The molecule has 0 rings (SSSR count).